The molecule has 27 heavy (non-hydrogen) atoms. The molecule has 6 nitrogen and oxygen atoms in total. The molecule has 0 atom stereocenters. The first kappa shape index (κ1) is 21.4. The molecule has 0 aliphatic carbocycles. The smallest absolute Gasteiger partial charge is 0.251 e. The van der Waals surface area contributed by atoms with Crippen LogP contribution in [-0.4, -0.2) is 46.9 Å². The van der Waals surface area contributed by atoms with Crippen LogP contribution in [0.25, 0.3) is 0 Å². The molecule has 0 heterocycles. The third-order valence-corrected chi connectivity index (χ3v) is 6.18. The molecular formula is C19H24N2O4S2. The average Bonchev–Trinajstić information content (AvgIpc) is 2.68. The lowest BCUT2D eigenvalue weighted by Crippen LogP contribution is -2.28. The van der Waals surface area contributed by atoms with Crippen molar-refractivity contribution in [3.8, 4) is 0 Å². The number of nitrogens with one attached hydrogen (secondary N) is 2. The Morgan fingerprint density at radius 1 is 1.04 bits per heavy atom. The number of hydrogen-bond acceptors (Lipinski definition) is 5. The van der Waals surface area contributed by atoms with Gasteiger partial charge < -0.3 is 10.1 Å². The normalized spacial score (nSPS) is 11.3. The largest absolute Gasteiger partial charge is 0.383 e. The molecule has 0 saturated heterocycles. The number of amides is 1. The zero-order chi connectivity index (χ0) is 19.5. The molecule has 0 unspecified atom stereocenters. The van der Waals surface area contributed by atoms with Gasteiger partial charge in [-0.2, -0.15) is 11.8 Å². The average molecular weight is 409 g/mol. The summed E-state index contributed by atoms with van der Waals surface area (Å²) in [5.74, 6) is 1.49. The van der Waals surface area contributed by atoms with Gasteiger partial charge >= 0.3 is 0 Å². The molecule has 146 valence electrons. The van der Waals surface area contributed by atoms with Crippen molar-refractivity contribution in [2.45, 2.75) is 10.6 Å². The van der Waals surface area contributed by atoms with Crippen LogP contribution < -0.4 is 10.0 Å². The van der Waals surface area contributed by atoms with E-state index in [-0.39, 0.29) is 17.3 Å². The van der Waals surface area contributed by atoms with Gasteiger partial charge in [-0.05, 0) is 29.8 Å². The van der Waals surface area contributed by atoms with Crippen molar-refractivity contribution in [3.05, 3.63) is 65.7 Å². The number of thioether (sulfide) groups is 1. The fourth-order valence-corrected chi connectivity index (χ4v) is 4.08. The molecule has 2 aromatic carbocycles. The van der Waals surface area contributed by atoms with E-state index in [1.54, 1.807) is 11.8 Å². The summed E-state index contributed by atoms with van der Waals surface area (Å²) in [7, 11) is -2.09. The number of methoxy groups -OCH3 is 1. The van der Waals surface area contributed by atoms with E-state index in [0.717, 1.165) is 11.5 Å². The molecule has 0 spiro atoms. The molecule has 0 bridgehead atoms. The first-order valence-corrected chi connectivity index (χ1v) is 11.2. The minimum absolute atomic E-state index is 0.119. The zero-order valence-electron chi connectivity index (χ0n) is 15.2. The van der Waals surface area contributed by atoms with E-state index in [9.17, 15) is 13.2 Å². The van der Waals surface area contributed by atoms with Gasteiger partial charge in [-0.3, -0.25) is 4.79 Å². The van der Waals surface area contributed by atoms with Gasteiger partial charge in [0.05, 0.1) is 11.5 Å². The predicted molar refractivity (Wildman–Crippen MR) is 108 cm³/mol. The van der Waals surface area contributed by atoms with Crippen LogP contribution in [0.1, 0.15) is 15.9 Å². The Morgan fingerprint density at radius 2 is 1.74 bits per heavy atom. The van der Waals surface area contributed by atoms with Crippen LogP contribution in [0.5, 0.6) is 0 Å². The standard InChI is InChI=1S/C19H24N2O4S2/c1-25-13-11-21-27(23,24)18-9-7-17(8-10-18)19(22)20-12-14-26-15-16-5-3-2-4-6-16/h2-10,21H,11-15H2,1H3,(H,20,22). The van der Waals surface area contributed by atoms with Crippen LogP contribution >= 0.6 is 11.8 Å². The monoisotopic (exact) mass is 408 g/mol. The second kappa shape index (κ2) is 11.1. The van der Waals surface area contributed by atoms with E-state index in [1.807, 2.05) is 18.2 Å². The van der Waals surface area contributed by atoms with Crippen LogP contribution in [-0.2, 0) is 20.5 Å². The van der Waals surface area contributed by atoms with E-state index in [1.165, 1.54) is 36.9 Å². The number of carbonyl (C=O) groups excluding carboxylic acids is 1. The molecule has 8 heteroatoms. The molecule has 2 N–H and O–H groups in total. The molecule has 0 aliphatic heterocycles. The lowest BCUT2D eigenvalue weighted by Gasteiger charge is -2.08. The molecule has 1 amide bonds. The Labute approximate surface area is 164 Å². The second-order valence-corrected chi connectivity index (χ2v) is 8.58. The summed E-state index contributed by atoms with van der Waals surface area (Å²) in [4.78, 5) is 12.3. The minimum atomic E-state index is -3.59. The Morgan fingerprint density at radius 3 is 2.41 bits per heavy atom. The minimum Gasteiger partial charge on any atom is -0.383 e. The number of rotatable bonds is 11. The van der Waals surface area contributed by atoms with E-state index in [4.69, 9.17) is 4.74 Å². The van der Waals surface area contributed by atoms with Gasteiger partial charge in [0.25, 0.3) is 5.91 Å². The van der Waals surface area contributed by atoms with Gasteiger partial charge in [-0.15, -0.1) is 0 Å². The maximum absolute atomic E-state index is 12.1. The van der Waals surface area contributed by atoms with Crippen LogP contribution in [0.15, 0.2) is 59.5 Å². The van der Waals surface area contributed by atoms with Gasteiger partial charge in [-0.25, -0.2) is 13.1 Å². The highest BCUT2D eigenvalue weighted by molar-refractivity contribution is 7.98. The first-order valence-electron chi connectivity index (χ1n) is 8.51. The van der Waals surface area contributed by atoms with E-state index in [0.29, 0.717) is 18.7 Å². The molecule has 2 rings (SSSR count). The molecule has 0 radical (unpaired) electrons. The van der Waals surface area contributed by atoms with E-state index in [2.05, 4.69) is 22.2 Å². The maximum atomic E-state index is 12.1. The molecule has 0 fully saturated rings. The van der Waals surface area contributed by atoms with E-state index >= 15 is 0 Å². The Bertz CT molecular complexity index is 809. The fourth-order valence-electron chi connectivity index (χ4n) is 2.25. The molecule has 0 aromatic heterocycles. The van der Waals surface area contributed by atoms with Crippen LogP contribution in [0.2, 0.25) is 0 Å². The highest BCUT2D eigenvalue weighted by Crippen LogP contribution is 2.12. The summed E-state index contributed by atoms with van der Waals surface area (Å²) < 4.78 is 31.4. The third-order valence-electron chi connectivity index (χ3n) is 3.67. The zero-order valence-corrected chi connectivity index (χ0v) is 16.8. The summed E-state index contributed by atoms with van der Waals surface area (Å²) in [6, 6.07) is 16.0. The highest BCUT2D eigenvalue weighted by atomic mass is 32.2. The fraction of sp³-hybridized carbons (Fsp3) is 0.316. The van der Waals surface area contributed by atoms with Crippen molar-refractivity contribution in [2.75, 3.05) is 32.6 Å². The summed E-state index contributed by atoms with van der Waals surface area (Å²) in [5, 5.41) is 2.84. The van der Waals surface area contributed by atoms with Gasteiger partial charge in [0, 0.05) is 37.3 Å². The summed E-state index contributed by atoms with van der Waals surface area (Å²) in [6.45, 7) is 1.04. The molecule has 0 saturated carbocycles. The van der Waals surface area contributed by atoms with Gasteiger partial charge in [0.15, 0.2) is 0 Å². The first-order chi connectivity index (χ1) is 13.0. The summed E-state index contributed by atoms with van der Waals surface area (Å²) >= 11 is 1.75. The van der Waals surface area contributed by atoms with Crippen molar-refractivity contribution in [3.63, 3.8) is 0 Å². The van der Waals surface area contributed by atoms with Crippen molar-refractivity contribution in [1.29, 1.82) is 0 Å². The highest BCUT2D eigenvalue weighted by Gasteiger charge is 2.14. The van der Waals surface area contributed by atoms with Crippen molar-refractivity contribution in [2.24, 2.45) is 0 Å². The van der Waals surface area contributed by atoms with E-state index < -0.39 is 10.0 Å². The van der Waals surface area contributed by atoms with Crippen LogP contribution in [0.4, 0.5) is 0 Å². The number of hydrogen-bond donors (Lipinski definition) is 2. The second-order valence-electron chi connectivity index (χ2n) is 5.71. The third kappa shape index (κ3) is 7.34. The Balaban J connectivity index is 1.76. The lowest BCUT2D eigenvalue weighted by atomic mass is 10.2. The Hall–Kier alpha value is -1.87. The number of carbonyl (C=O) groups is 1. The van der Waals surface area contributed by atoms with Crippen LogP contribution in [0.3, 0.4) is 0 Å². The maximum Gasteiger partial charge on any atom is 0.251 e. The Kier molecular flexibility index (Phi) is 8.80. The van der Waals surface area contributed by atoms with Crippen molar-refractivity contribution in [1.82, 2.24) is 10.0 Å². The number of sulfonamides is 1. The quantitative estimate of drug-likeness (QED) is 0.557. The lowest BCUT2D eigenvalue weighted by molar-refractivity contribution is 0.0956. The van der Waals surface area contributed by atoms with Crippen molar-refractivity contribution >= 4 is 27.7 Å². The van der Waals surface area contributed by atoms with Gasteiger partial charge in [-0.1, -0.05) is 30.3 Å². The van der Waals surface area contributed by atoms with Crippen molar-refractivity contribution < 1.29 is 17.9 Å². The topological polar surface area (TPSA) is 84.5 Å². The van der Waals surface area contributed by atoms with Gasteiger partial charge in [0.1, 0.15) is 0 Å². The molecule has 0 aliphatic rings. The molecular weight excluding hydrogens is 384 g/mol. The van der Waals surface area contributed by atoms with Gasteiger partial charge in [0.2, 0.25) is 10.0 Å². The summed E-state index contributed by atoms with van der Waals surface area (Å²) in [5.41, 5.74) is 1.68. The SMILES string of the molecule is COCCNS(=O)(=O)c1ccc(C(=O)NCCSCc2ccccc2)cc1. The summed E-state index contributed by atoms with van der Waals surface area (Å²) in [6.07, 6.45) is 0. The van der Waals surface area contributed by atoms with Crippen LogP contribution in [0, 0.1) is 0 Å². The number of ether oxygens (including phenoxy) is 1. The molecule has 2 aromatic rings. The number of benzene rings is 2. The predicted octanol–water partition coefficient (Wildman–Crippen LogP) is 2.27.